The second-order valence-electron chi connectivity index (χ2n) is 11.8. The van der Waals surface area contributed by atoms with Gasteiger partial charge in [0.2, 0.25) is 10.8 Å². The number of allylic oxidation sites excluding steroid dienone is 1. The van der Waals surface area contributed by atoms with Crippen LogP contribution in [-0.2, 0) is 29.7 Å². The van der Waals surface area contributed by atoms with E-state index in [9.17, 15) is 30.8 Å². The lowest BCUT2D eigenvalue weighted by Crippen LogP contribution is -2.51. The van der Waals surface area contributed by atoms with Gasteiger partial charge in [-0.15, -0.1) is 16.4 Å². The molecule has 0 bridgehead atoms. The van der Waals surface area contributed by atoms with E-state index in [0.717, 1.165) is 17.6 Å². The highest BCUT2D eigenvalue weighted by atomic mass is 32.2. The van der Waals surface area contributed by atoms with Gasteiger partial charge in [0.25, 0.3) is 10.0 Å². The van der Waals surface area contributed by atoms with Crippen molar-refractivity contribution in [2.75, 3.05) is 6.54 Å². The zero-order chi connectivity index (χ0) is 31.7. The van der Waals surface area contributed by atoms with Crippen molar-refractivity contribution < 1.29 is 30.8 Å². The van der Waals surface area contributed by atoms with E-state index in [1.165, 1.54) is 29.7 Å². The molecule has 0 saturated heterocycles. The summed E-state index contributed by atoms with van der Waals surface area (Å²) < 4.78 is 85.2. The summed E-state index contributed by atoms with van der Waals surface area (Å²) in [7, 11) is -2.58. The van der Waals surface area contributed by atoms with Gasteiger partial charge in [-0.1, -0.05) is 5.57 Å². The molecule has 0 radical (unpaired) electrons. The standard InChI is InChI=1S/C29H27F4N7O3S2/c1-38-35-15-25(37-38)45(42,43)39(16-17-2-3-17)22-7-4-19-10-23-18(13-36-40(23)21-8-5-20(30)6-9-21)11-28(19,12-22)26(41)27-34-14-24(44-27)29(31,32)33/h5-6,8-10,13-15,17,22H,2-4,7,11-12,16H2,1H3/t22-,28-/m0/s1. The van der Waals surface area contributed by atoms with Gasteiger partial charge in [-0.3, -0.25) is 4.79 Å². The van der Waals surface area contributed by atoms with Crippen molar-refractivity contribution in [1.82, 2.24) is 34.1 Å². The number of aryl methyl sites for hydroxylation is 1. The Morgan fingerprint density at radius 2 is 1.87 bits per heavy atom. The van der Waals surface area contributed by atoms with Gasteiger partial charge < -0.3 is 0 Å². The molecule has 2 fully saturated rings. The minimum absolute atomic E-state index is 0.0476. The number of hydrogen-bond acceptors (Lipinski definition) is 8. The molecule has 3 aliphatic carbocycles. The van der Waals surface area contributed by atoms with E-state index in [0.29, 0.717) is 52.9 Å². The molecule has 7 rings (SSSR count). The van der Waals surface area contributed by atoms with Crippen molar-refractivity contribution >= 4 is 33.2 Å². The van der Waals surface area contributed by atoms with Gasteiger partial charge in [0.05, 0.1) is 35.4 Å². The number of carbonyl (C=O) groups is 1. The first-order valence-electron chi connectivity index (χ1n) is 14.3. The van der Waals surface area contributed by atoms with Crippen molar-refractivity contribution in [3.8, 4) is 5.69 Å². The third-order valence-corrected chi connectivity index (χ3v) is 11.6. The lowest BCUT2D eigenvalue weighted by molar-refractivity contribution is -0.134. The van der Waals surface area contributed by atoms with Crippen LogP contribution in [0.5, 0.6) is 0 Å². The highest BCUT2D eigenvalue weighted by Gasteiger charge is 2.53. The molecule has 0 aliphatic heterocycles. The number of fused-ring (bicyclic) bond motifs is 2. The maximum Gasteiger partial charge on any atom is 0.427 e. The molecule has 2 atom stereocenters. The summed E-state index contributed by atoms with van der Waals surface area (Å²) in [6.07, 6.45) is 3.20. The second-order valence-corrected chi connectivity index (χ2v) is 14.7. The highest BCUT2D eigenvalue weighted by Crippen LogP contribution is 2.52. The van der Waals surface area contributed by atoms with Crippen LogP contribution in [0.2, 0.25) is 0 Å². The fraction of sp³-hybridized carbons (Fsp3) is 0.414. The first kappa shape index (κ1) is 29.9. The Morgan fingerprint density at radius 3 is 2.51 bits per heavy atom. The van der Waals surface area contributed by atoms with Crippen molar-refractivity contribution in [3.05, 3.63) is 75.4 Å². The Morgan fingerprint density at radius 1 is 1.11 bits per heavy atom. The number of hydrogen-bond donors (Lipinski definition) is 0. The summed E-state index contributed by atoms with van der Waals surface area (Å²) >= 11 is 0.290. The molecule has 4 aromatic rings. The van der Waals surface area contributed by atoms with E-state index in [1.807, 2.05) is 6.08 Å². The molecule has 16 heteroatoms. The molecule has 10 nitrogen and oxygen atoms in total. The molecule has 0 N–H and O–H groups in total. The fourth-order valence-electron chi connectivity index (χ4n) is 6.40. The van der Waals surface area contributed by atoms with Crippen molar-refractivity contribution in [3.63, 3.8) is 0 Å². The van der Waals surface area contributed by atoms with Gasteiger partial charge in [-0.25, -0.2) is 22.5 Å². The molecule has 0 spiro atoms. The monoisotopic (exact) mass is 661 g/mol. The smallest absolute Gasteiger partial charge is 0.290 e. The summed E-state index contributed by atoms with van der Waals surface area (Å²) in [5, 5.41) is 12.0. The van der Waals surface area contributed by atoms with Gasteiger partial charge in [0.15, 0.2) is 5.01 Å². The number of nitrogens with zero attached hydrogens (tertiary/aromatic N) is 7. The summed E-state index contributed by atoms with van der Waals surface area (Å²) in [4.78, 5) is 18.5. The molecular formula is C29H27F4N7O3S2. The van der Waals surface area contributed by atoms with Gasteiger partial charge in [-0.2, -0.15) is 32.5 Å². The predicted molar refractivity (Wildman–Crippen MR) is 154 cm³/mol. The number of aromatic nitrogens is 6. The molecule has 236 valence electrons. The maximum atomic E-state index is 14.4. The third-order valence-electron chi connectivity index (χ3n) is 8.81. The van der Waals surface area contributed by atoms with E-state index in [1.54, 1.807) is 23.0 Å². The topological polar surface area (TPSA) is 116 Å². The fourth-order valence-corrected chi connectivity index (χ4v) is 8.84. The van der Waals surface area contributed by atoms with Crippen LogP contribution in [0.3, 0.4) is 0 Å². The first-order chi connectivity index (χ1) is 21.3. The zero-order valence-electron chi connectivity index (χ0n) is 23.9. The van der Waals surface area contributed by atoms with Crippen molar-refractivity contribution in [2.24, 2.45) is 18.4 Å². The van der Waals surface area contributed by atoms with Crippen LogP contribution in [0, 0.1) is 17.2 Å². The van der Waals surface area contributed by atoms with Gasteiger partial charge >= 0.3 is 6.18 Å². The van der Waals surface area contributed by atoms with Gasteiger partial charge in [-0.05, 0) is 80.3 Å². The SMILES string of the molecule is Cn1ncc(S(=O)(=O)N(CC2CC2)[C@H]2CCC3=Cc4c(cnn4-c4ccc(F)cc4)C[C@]3(C(=O)c3ncc(C(F)(F)F)s3)C2)n1. The van der Waals surface area contributed by atoms with Crippen molar-refractivity contribution in [1.29, 1.82) is 0 Å². The molecule has 3 heterocycles. The van der Waals surface area contributed by atoms with Crippen molar-refractivity contribution in [2.45, 2.75) is 55.8 Å². The molecular weight excluding hydrogens is 634 g/mol. The largest absolute Gasteiger partial charge is 0.427 e. The van der Waals surface area contributed by atoms with Crippen LogP contribution in [0.1, 0.15) is 58.0 Å². The zero-order valence-corrected chi connectivity index (χ0v) is 25.5. The number of carbonyl (C=O) groups excluding carboxylic acids is 1. The number of sulfonamides is 1. The minimum atomic E-state index is -4.66. The Balaban J connectivity index is 1.32. The number of halogens is 4. The number of Topliss-reactive ketones (excluding diaryl/α,β-unsaturated/α-hetero) is 1. The number of alkyl halides is 3. The predicted octanol–water partition coefficient (Wildman–Crippen LogP) is 5.08. The average molecular weight is 662 g/mol. The number of benzene rings is 1. The molecule has 0 unspecified atom stereocenters. The van der Waals surface area contributed by atoms with Gasteiger partial charge in [0.1, 0.15) is 10.7 Å². The van der Waals surface area contributed by atoms with E-state index in [2.05, 4.69) is 20.3 Å². The lowest BCUT2D eigenvalue weighted by Gasteiger charge is -2.46. The molecule has 3 aliphatic rings. The van der Waals surface area contributed by atoms with E-state index >= 15 is 0 Å². The highest BCUT2D eigenvalue weighted by molar-refractivity contribution is 7.89. The summed E-state index contributed by atoms with van der Waals surface area (Å²) in [6.45, 7) is 0.246. The van der Waals surface area contributed by atoms with E-state index < -0.39 is 44.1 Å². The van der Waals surface area contributed by atoms with Crippen LogP contribution in [-0.4, -0.2) is 60.9 Å². The van der Waals surface area contributed by atoms with Crippen LogP contribution in [0.25, 0.3) is 11.8 Å². The Labute approximate surface area is 259 Å². The second kappa shape index (κ2) is 10.7. The number of thiazole rings is 1. The summed E-state index contributed by atoms with van der Waals surface area (Å²) in [5.41, 5.74) is 1.26. The maximum absolute atomic E-state index is 14.4. The molecule has 0 amide bonds. The Bertz CT molecular complexity index is 1930. The number of rotatable bonds is 8. The van der Waals surface area contributed by atoms with Crippen LogP contribution in [0.15, 0.2) is 53.5 Å². The van der Waals surface area contributed by atoms with Crippen LogP contribution >= 0.6 is 11.3 Å². The molecule has 1 aromatic carbocycles. The molecule has 2 saturated carbocycles. The normalized spacial score (nSPS) is 21.8. The average Bonchev–Trinajstić information content (AvgIpc) is 3.33. The minimum Gasteiger partial charge on any atom is -0.290 e. The van der Waals surface area contributed by atoms with Crippen LogP contribution in [0.4, 0.5) is 17.6 Å². The molecule has 3 aromatic heterocycles. The Hall–Kier alpha value is -3.76. The van der Waals surface area contributed by atoms with E-state index in [-0.39, 0.29) is 35.3 Å². The van der Waals surface area contributed by atoms with Crippen LogP contribution < -0.4 is 0 Å². The quantitative estimate of drug-likeness (QED) is 0.191. The summed E-state index contributed by atoms with van der Waals surface area (Å²) in [6, 6.07) is 5.14. The summed E-state index contributed by atoms with van der Waals surface area (Å²) in [5.74, 6) is -0.822. The third kappa shape index (κ3) is 5.31. The lowest BCUT2D eigenvalue weighted by atomic mass is 9.61. The molecule has 45 heavy (non-hydrogen) atoms. The first-order valence-corrected chi connectivity index (χ1v) is 16.6. The van der Waals surface area contributed by atoms with E-state index in [4.69, 9.17) is 0 Å². The number of ketones is 1. The van der Waals surface area contributed by atoms with Gasteiger partial charge in [0, 0.05) is 19.6 Å². The Kier molecular flexibility index (Phi) is 7.09.